The van der Waals surface area contributed by atoms with Gasteiger partial charge >= 0.3 is 5.97 Å². The average Bonchev–Trinajstić information content (AvgIpc) is 3.26. The van der Waals surface area contributed by atoms with Gasteiger partial charge in [0.1, 0.15) is 61.0 Å². The number of hydrogen-bond donors (Lipinski definition) is 10. The Hall–Kier alpha value is -1.72. The van der Waals surface area contributed by atoms with Crippen molar-refractivity contribution in [2.75, 3.05) is 19.8 Å². The lowest BCUT2D eigenvalue weighted by Crippen LogP contribution is -2.66. The Kier molecular flexibility index (Phi) is 13.7. The van der Waals surface area contributed by atoms with Gasteiger partial charge in [-0.3, -0.25) is 9.59 Å². The molecule has 0 spiro atoms. The second-order valence-electron chi connectivity index (χ2n) is 23.3. The summed E-state index contributed by atoms with van der Waals surface area (Å²) >= 11 is 0. The molecule has 18 heteroatoms. The third-order valence-electron chi connectivity index (χ3n) is 19.2. The maximum Gasteiger partial charge on any atom is 0.315 e. The van der Waals surface area contributed by atoms with Crippen molar-refractivity contribution in [2.45, 2.75) is 205 Å². The van der Waals surface area contributed by atoms with Gasteiger partial charge < -0.3 is 79.5 Å². The van der Waals surface area contributed by atoms with Crippen molar-refractivity contribution >= 4 is 11.8 Å². The van der Waals surface area contributed by atoms with Gasteiger partial charge in [0.25, 0.3) is 0 Å². The molecule has 4 saturated carbocycles. The number of rotatable bonds is 9. The number of carbonyl (C=O) groups is 2. The molecule has 22 unspecified atom stereocenters. The van der Waals surface area contributed by atoms with Gasteiger partial charge in [0.15, 0.2) is 12.4 Å². The number of hydrogen-bond acceptors (Lipinski definition) is 18. The minimum atomic E-state index is -1.83. The van der Waals surface area contributed by atoms with Gasteiger partial charge in [0, 0.05) is 0 Å². The third-order valence-corrected chi connectivity index (χ3v) is 19.2. The molecule has 0 bridgehead atoms. The van der Waals surface area contributed by atoms with E-state index in [0.717, 1.165) is 44.9 Å². The highest BCUT2D eigenvalue weighted by Crippen LogP contribution is 2.76. The molecular formula is C48H76O18. The van der Waals surface area contributed by atoms with Gasteiger partial charge in [-0.25, -0.2) is 0 Å². The highest BCUT2D eigenvalue weighted by atomic mass is 16.7. The van der Waals surface area contributed by atoms with Crippen LogP contribution >= 0.6 is 0 Å². The number of esters is 1. The third kappa shape index (κ3) is 7.79. The number of ether oxygens (including phenoxy) is 6. The number of ketones is 1. The second kappa shape index (κ2) is 17.8. The minimum absolute atomic E-state index is 0.0642. The predicted molar refractivity (Wildman–Crippen MR) is 229 cm³/mol. The summed E-state index contributed by atoms with van der Waals surface area (Å²) in [5.41, 5.74) is -0.786. The van der Waals surface area contributed by atoms with Crippen LogP contribution in [0.15, 0.2) is 11.6 Å². The van der Waals surface area contributed by atoms with E-state index in [9.17, 15) is 60.7 Å². The Morgan fingerprint density at radius 3 is 1.85 bits per heavy atom. The summed E-state index contributed by atoms with van der Waals surface area (Å²) in [7, 11) is 0. The standard InChI is InChI=1S/C48H76O18/c1-43(2)14-16-48(42(60)66-40-36(58)34(56)31(53)25(20-50)62-40)17-15-46(6)22(23(48)18-43)8-9-28-45(5)12-11-29(44(3,4)27(45)10-13-47(28,46)7)64-41-37(59)38(32(54)26(21-51)63-41)65-39-35(57)33(55)30(52)24(19-49)61-39/h8,23-36,38-41,49-58H,9-21H2,1-7H3. The Morgan fingerprint density at radius 2 is 1.23 bits per heavy atom. The SMILES string of the molecule is CC1(C)CCC2(C(=O)OC3OC(CO)C(O)C(O)C3O)CCC3(C)C(=CCC4C5(C)CCC(OC6OC(CO)C(O)C(OC7OC(CO)C(O)C(O)C7O)C6=O)C(C)(C)C5CCC43C)C2C1. The van der Waals surface area contributed by atoms with Crippen LogP contribution in [0.4, 0.5) is 0 Å². The van der Waals surface area contributed by atoms with Crippen molar-refractivity contribution in [1.82, 2.24) is 0 Å². The molecule has 3 heterocycles. The molecule has 0 amide bonds. The van der Waals surface area contributed by atoms with Crippen LogP contribution in [-0.2, 0) is 38.0 Å². The lowest BCUT2D eigenvalue weighted by molar-refractivity contribution is -0.330. The van der Waals surface area contributed by atoms with E-state index < -0.39 is 135 Å². The maximum atomic E-state index is 14.7. The summed E-state index contributed by atoms with van der Waals surface area (Å²) in [6, 6.07) is 0. The van der Waals surface area contributed by atoms with Crippen molar-refractivity contribution in [3.05, 3.63) is 11.6 Å². The molecule has 0 aromatic heterocycles. The highest BCUT2D eigenvalue weighted by molar-refractivity contribution is 5.87. The molecule has 0 radical (unpaired) electrons. The molecule has 18 nitrogen and oxygen atoms in total. The quantitative estimate of drug-likeness (QED) is 0.0848. The molecule has 7 fully saturated rings. The van der Waals surface area contributed by atoms with Gasteiger partial charge in [-0.2, -0.15) is 0 Å². The molecule has 3 saturated heterocycles. The largest absolute Gasteiger partial charge is 0.432 e. The highest BCUT2D eigenvalue weighted by Gasteiger charge is 2.70. The number of allylic oxidation sites excluding steroid dienone is 2. The van der Waals surface area contributed by atoms with E-state index in [1.807, 2.05) is 0 Å². The van der Waals surface area contributed by atoms with E-state index in [0.29, 0.717) is 19.3 Å². The number of aliphatic hydroxyl groups is 10. The lowest BCUT2D eigenvalue weighted by atomic mass is 9.33. The van der Waals surface area contributed by atoms with E-state index >= 15 is 0 Å². The molecule has 22 atom stereocenters. The lowest BCUT2D eigenvalue weighted by Gasteiger charge is -2.71. The van der Waals surface area contributed by atoms with Crippen LogP contribution in [0, 0.1) is 50.2 Å². The zero-order valence-corrected chi connectivity index (χ0v) is 39.4. The molecule has 0 aromatic carbocycles. The van der Waals surface area contributed by atoms with Crippen LogP contribution in [0.5, 0.6) is 0 Å². The number of Topliss-reactive ketones (excluding diaryl/α,β-unsaturated/α-hetero) is 1. The van der Waals surface area contributed by atoms with Gasteiger partial charge in [0.2, 0.25) is 18.4 Å². The summed E-state index contributed by atoms with van der Waals surface area (Å²) in [6.07, 6.45) is -13.0. The molecule has 10 N–H and O–H groups in total. The predicted octanol–water partition coefficient (Wildman–Crippen LogP) is 0.349. The van der Waals surface area contributed by atoms with Gasteiger partial charge in [-0.05, 0) is 109 Å². The molecule has 8 rings (SSSR count). The number of aliphatic hydroxyl groups excluding tert-OH is 10. The molecule has 5 aliphatic carbocycles. The van der Waals surface area contributed by atoms with Crippen LogP contribution in [0.25, 0.3) is 0 Å². The summed E-state index contributed by atoms with van der Waals surface area (Å²) in [4.78, 5) is 28.7. The fraction of sp³-hybridized carbons (Fsp3) is 0.917. The Bertz CT molecular complexity index is 1840. The monoisotopic (exact) mass is 941 g/mol. The Balaban J connectivity index is 1.02. The fourth-order valence-electron chi connectivity index (χ4n) is 14.9. The van der Waals surface area contributed by atoms with Crippen molar-refractivity contribution in [3.63, 3.8) is 0 Å². The second-order valence-corrected chi connectivity index (χ2v) is 23.3. The first kappa shape index (κ1) is 50.7. The summed E-state index contributed by atoms with van der Waals surface area (Å²) in [5.74, 6) is -1.06. The van der Waals surface area contributed by atoms with Crippen LogP contribution in [0.2, 0.25) is 0 Å². The first-order valence-electron chi connectivity index (χ1n) is 24.2. The van der Waals surface area contributed by atoms with E-state index in [4.69, 9.17) is 28.4 Å². The van der Waals surface area contributed by atoms with Crippen LogP contribution in [0.1, 0.15) is 113 Å². The molecule has 376 valence electrons. The van der Waals surface area contributed by atoms with E-state index in [2.05, 4.69) is 54.5 Å². The topological polar surface area (TPSA) is 292 Å². The van der Waals surface area contributed by atoms with Gasteiger partial charge in [0.05, 0.1) is 31.3 Å². The van der Waals surface area contributed by atoms with Gasteiger partial charge in [-0.15, -0.1) is 0 Å². The molecular weight excluding hydrogens is 865 g/mol. The maximum absolute atomic E-state index is 14.7. The van der Waals surface area contributed by atoms with E-state index in [1.165, 1.54) is 5.57 Å². The first-order chi connectivity index (χ1) is 30.9. The van der Waals surface area contributed by atoms with Crippen LogP contribution in [-0.4, -0.2) is 175 Å². The fourth-order valence-corrected chi connectivity index (χ4v) is 14.9. The van der Waals surface area contributed by atoms with Crippen LogP contribution in [0.3, 0.4) is 0 Å². The molecule has 66 heavy (non-hydrogen) atoms. The summed E-state index contributed by atoms with van der Waals surface area (Å²) in [5, 5.41) is 104. The first-order valence-corrected chi connectivity index (χ1v) is 24.2. The minimum Gasteiger partial charge on any atom is -0.432 e. The van der Waals surface area contributed by atoms with E-state index in [1.54, 1.807) is 0 Å². The van der Waals surface area contributed by atoms with Crippen molar-refractivity contribution in [1.29, 1.82) is 0 Å². The molecule has 8 aliphatic rings. The number of fused-ring (bicyclic) bond motifs is 7. The van der Waals surface area contributed by atoms with Crippen molar-refractivity contribution in [3.8, 4) is 0 Å². The number of carbonyl (C=O) groups excluding carboxylic acids is 2. The average molecular weight is 941 g/mol. The summed E-state index contributed by atoms with van der Waals surface area (Å²) < 4.78 is 35.4. The van der Waals surface area contributed by atoms with Crippen molar-refractivity contribution < 1.29 is 89.1 Å². The normalized spacial score (nSPS) is 52.2. The summed E-state index contributed by atoms with van der Waals surface area (Å²) in [6.45, 7) is 13.9. The molecule has 0 aromatic rings. The Morgan fingerprint density at radius 1 is 0.652 bits per heavy atom. The Labute approximate surface area is 386 Å². The zero-order chi connectivity index (χ0) is 48.3. The van der Waals surface area contributed by atoms with Crippen molar-refractivity contribution in [2.24, 2.45) is 50.2 Å². The smallest absolute Gasteiger partial charge is 0.315 e. The van der Waals surface area contributed by atoms with Crippen LogP contribution < -0.4 is 0 Å². The zero-order valence-electron chi connectivity index (χ0n) is 39.4. The van der Waals surface area contributed by atoms with E-state index in [-0.39, 0.29) is 39.4 Å². The van der Waals surface area contributed by atoms with Gasteiger partial charge in [-0.1, -0.05) is 60.1 Å². The molecule has 3 aliphatic heterocycles.